The maximum atomic E-state index is 10.8. The Balaban J connectivity index is 1.69. The summed E-state index contributed by atoms with van der Waals surface area (Å²) in [6.45, 7) is 0. The Morgan fingerprint density at radius 3 is 2.69 bits per heavy atom. The Morgan fingerprint density at radius 1 is 1.31 bits per heavy atom. The normalized spacial score (nSPS) is 30.9. The molecule has 2 fully saturated rings. The first-order valence-electron chi connectivity index (χ1n) is 5.59. The number of hydrogen-bond donors (Lipinski definition) is 3. The number of methoxy groups -OCH3 is 1. The van der Waals surface area contributed by atoms with Crippen molar-refractivity contribution in [3.05, 3.63) is 0 Å². The van der Waals surface area contributed by atoms with Crippen LogP contribution in [0.3, 0.4) is 0 Å². The van der Waals surface area contributed by atoms with E-state index in [1.165, 1.54) is 32.8 Å². The summed E-state index contributed by atoms with van der Waals surface area (Å²) < 4.78 is 4.42. The number of carbonyl (C=O) groups excluding carboxylic acids is 1. The number of thiocarbonyl (C=S) groups is 1. The number of nitrogens with one attached hydrogen (secondary N) is 3. The number of hydrazine groups is 1. The van der Waals surface area contributed by atoms with Gasteiger partial charge in [0.05, 0.1) is 7.11 Å². The van der Waals surface area contributed by atoms with Gasteiger partial charge in [-0.05, 0) is 43.3 Å². The lowest BCUT2D eigenvalue weighted by molar-refractivity contribution is 0.168. The van der Waals surface area contributed by atoms with Crippen LogP contribution in [0.15, 0.2) is 0 Å². The van der Waals surface area contributed by atoms with E-state index in [0.29, 0.717) is 11.2 Å². The summed E-state index contributed by atoms with van der Waals surface area (Å²) >= 11 is 5.08. The molecule has 5 nitrogen and oxygen atoms in total. The quantitative estimate of drug-likeness (QED) is 0.472. The minimum Gasteiger partial charge on any atom is -0.452 e. The molecule has 2 aliphatic carbocycles. The average Bonchev–Trinajstić information content (AvgIpc) is 2.87. The molecule has 0 aliphatic heterocycles. The third-order valence-electron chi connectivity index (χ3n) is 3.52. The van der Waals surface area contributed by atoms with E-state index in [2.05, 4.69) is 20.9 Å². The molecule has 0 radical (unpaired) electrons. The second-order valence-electron chi connectivity index (χ2n) is 4.50. The summed E-state index contributed by atoms with van der Waals surface area (Å²) in [5.74, 6) is 1.63. The monoisotopic (exact) mass is 243 g/mol. The minimum absolute atomic E-state index is 0.461. The van der Waals surface area contributed by atoms with Gasteiger partial charge in [-0.25, -0.2) is 10.2 Å². The predicted octanol–water partition coefficient (Wildman–Crippen LogP) is 0.910. The van der Waals surface area contributed by atoms with E-state index in [9.17, 15) is 4.79 Å². The van der Waals surface area contributed by atoms with Crippen molar-refractivity contribution in [1.29, 1.82) is 0 Å². The molecule has 0 saturated heterocycles. The van der Waals surface area contributed by atoms with Gasteiger partial charge in [-0.15, -0.1) is 0 Å². The Kier molecular flexibility index (Phi) is 3.48. The molecule has 3 atom stereocenters. The van der Waals surface area contributed by atoms with Crippen LogP contribution in [0.5, 0.6) is 0 Å². The van der Waals surface area contributed by atoms with E-state index >= 15 is 0 Å². The first-order chi connectivity index (χ1) is 7.69. The van der Waals surface area contributed by atoms with Crippen LogP contribution in [-0.4, -0.2) is 24.4 Å². The van der Waals surface area contributed by atoms with E-state index in [1.807, 2.05) is 0 Å². The SMILES string of the molecule is COC(=O)NNC(=S)N[C@@H]1C[C@@H]2CC[C@@H]1C2. The molecule has 0 heterocycles. The van der Waals surface area contributed by atoms with E-state index in [4.69, 9.17) is 12.2 Å². The van der Waals surface area contributed by atoms with Crippen molar-refractivity contribution in [3.8, 4) is 0 Å². The fourth-order valence-corrected chi connectivity index (χ4v) is 2.99. The van der Waals surface area contributed by atoms with E-state index in [0.717, 1.165) is 11.8 Å². The number of amides is 1. The van der Waals surface area contributed by atoms with E-state index < -0.39 is 6.09 Å². The summed E-state index contributed by atoms with van der Waals surface area (Å²) in [6.07, 6.45) is 4.64. The molecule has 3 N–H and O–H groups in total. The Morgan fingerprint density at radius 2 is 2.12 bits per heavy atom. The highest BCUT2D eigenvalue weighted by atomic mass is 32.1. The van der Waals surface area contributed by atoms with Gasteiger partial charge in [0.25, 0.3) is 0 Å². The molecular formula is C10H17N3O2S. The molecule has 2 bridgehead atoms. The van der Waals surface area contributed by atoms with Crippen molar-refractivity contribution in [1.82, 2.24) is 16.2 Å². The molecule has 1 amide bonds. The molecule has 0 aromatic carbocycles. The van der Waals surface area contributed by atoms with Crippen molar-refractivity contribution in [3.63, 3.8) is 0 Å². The number of hydrogen-bond acceptors (Lipinski definition) is 3. The molecule has 0 aromatic rings. The van der Waals surface area contributed by atoms with Crippen molar-refractivity contribution in [2.45, 2.75) is 31.7 Å². The maximum absolute atomic E-state index is 10.8. The molecular weight excluding hydrogens is 226 g/mol. The van der Waals surface area contributed by atoms with Crippen LogP contribution < -0.4 is 16.2 Å². The standard InChI is InChI=1S/C10H17N3O2S/c1-15-10(14)13-12-9(16)11-8-5-6-2-3-7(8)4-6/h6-8H,2-5H2,1H3,(H,13,14)(H2,11,12,16)/t6-,7-,8-/m1/s1. The number of fused-ring (bicyclic) bond motifs is 2. The molecule has 0 spiro atoms. The fraction of sp³-hybridized carbons (Fsp3) is 0.800. The van der Waals surface area contributed by atoms with Gasteiger partial charge in [-0.1, -0.05) is 6.42 Å². The van der Waals surface area contributed by atoms with Gasteiger partial charge in [0.1, 0.15) is 0 Å². The van der Waals surface area contributed by atoms with Gasteiger partial charge in [0.15, 0.2) is 5.11 Å². The summed E-state index contributed by atoms with van der Waals surface area (Å²) in [6, 6.07) is 0.471. The summed E-state index contributed by atoms with van der Waals surface area (Å²) in [7, 11) is 1.31. The van der Waals surface area contributed by atoms with Crippen molar-refractivity contribution >= 4 is 23.4 Å². The zero-order chi connectivity index (χ0) is 11.5. The average molecular weight is 243 g/mol. The van der Waals surface area contributed by atoms with Gasteiger partial charge in [0, 0.05) is 6.04 Å². The van der Waals surface area contributed by atoms with Gasteiger partial charge in [-0.2, -0.15) is 0 Å². The van der Waals surface area contributed by atoms with Crippen LogP contribution in [0.25, 0.3) is 0 Å². The van der Waals surface area contributed by atoms with Crippen molar-refractivity contribution < 1.29 is 9.53 Å². The lowest BCUT2D eigenvalue weighted by atomic mass is 9.96. The third-order valence-corrected chi connectivity index (χ3v) is 3.74. The summed E-state index contributed by atoms with van der Waals surface area (Å²) in [4.78, 5) is 10.8. The Hall–Kier alpha value is -1.04. The smallest absolute Gasteiger partial charge is 0.425 e. The van der Waals surface area contributed by atoms with Gasteiger partial charge >= 0.3 is 6.09 Å². The topological polar surface area (TPSA) is 62.4 Å². The highest BCUT2D eigenvalue weighted by Gasteiger charge is 2.39. The molecule has 16 heavy (non-hydrogen) atoms. The number of rotatable bonds is 1. The van der Waals surface area contributed by atoms with Crippen molar-refractivity contribution in [2.24, 2.45) is 11.8 Å². The first-order valence-corrected chi connectivity index (χ1v) is 6.00. The van der Waals surface area contributed by atoms with Crippen LogP contribution in [0, 0.1) is 11.8 Å². The van der Waals surface area contributed by atoms with Crippen LogP contribution in [0.1, 0.15) is 25.7 Å². The van der Waals surface area contributed by atoms with Crippen LogP contribution in [0.2, 0.25) is 0 Å². The van der Waals surface area contributed by atoms with Crippen LogP contribution in [-0.2, 0) is 4.74 Å². The summed E-state index contributed by atoms with van der Waals surface area (Å²) in [5, 5.41) is 3.70. The molecule has 90 valence electrons. The third kappa shape index (κ3) is 2.55. The molecule has 2 saturated carbocycles. The minimum atomic E-state index is -0.544. The molecule has 6 heteroatoms. The predicted molar refractivity (Wildman–Crippen MR) is 63.6 cm³/mol. The van der Waals surface area contributed by atoms with Crippen molar-refractivity contribution in [2.75, 3.05) is 7.11 Å². The Labute approximate surface area is 100 Å². The second-order valence-corrected chi connectivity index (χ2v) is 4.90. The second kappa shape index (κ2) is 4.86. The maximum Gasteiger partial charge on any atom is 0.425 e. The molecule has 2 aliphatic rings. The van der Waals surface area contributed by atoms with E-state index in [1.54, 1.807) is 0 Å². The zero-order valence-electron chi connectivity index (χ0n) is 9.29. The van der Waals surface area contributed by atoms with Gasteiger partial charge < -0.3 is 10.1 Å². The molecule has 0 aromatic heterocycles. The lowest BCUT2D eigenvalue weighted by Gasteiger charge is -2.24. The first kappa shape index (κ1) is 11.4. The molecule has 2 rings (SSSR count). The highest BCUT2D eigenvalue weighted by molar-refractivity contribution is 7.80. The largest absolute Gasteiger partial charge is 0.452 e. The van der Waals surface area contributed by atoms with Crippen LogP contribution in [0.4, 0.5) is 4.79 Å². The van der Waals surface area contributed by atoms with Gasteiger partial charge in [0.2, 0.25) is 0 Å². The molecule has 0 unspecified atom stereocenters. The zero-order valence-corrected chi connectivity index (χ0v) is 10.1. The van der Waals surface area contributed by atoms with Gasteiger partial charge in [-0.3, -0.25) is 5.43 Å². The number of carbonyl (C=O) groups is 1. The van der Waals surface area contributed by atoms with Crippen LogP contribution >= 0.6 is 12.2 Å². The summed E-state index contributed by atoms with van der Waals surface area (Å²) in [5.41, 5.74) is 4.95. The lowest BCUT2D eigenvalue weighted by Crippen LogP contribution is -2.50. The fourth-order valence-electron chi connectivity index (χ4n) is 2.78. The Bertz CT molecular complexity index is 298. The number of ether oxygens (including phenoxy) is 1. The van der Waals surface area contributed by atoms with E-state index in [-0.39, 0.29) is 0 Å². The highest BCUT2D eigenvalue weighted by Crippen LogP contribution is 2.44.